The first kappa shape index (κ1) is 24.1. The lowest BCUT2D eigenvalue weighted by atomic mass is 9.85. The van der Waals surface area contributed by atoms with E-state index in [1.807, 2.05) is 39.8 Å². The molecule has 0 bridgehead atoms. The Morgan fingerprint density at radius 2 is 1.84 bits per heavy atom. The lowest BCUT2D eigenvalue weighted by molar-refractivity contribution is -0.404. The van der Waals surface area contributed by atoms with Crippen molar-refractivity contribution < 1.29 is 23.6 Å². The minimum Gasteiger partial charge on any atom is -0.508 e. The Kier molecular flexibility index (Phi) is 7.94. The zero-order valence-electron chi connectivity index (χ0n) is 18.7. The Bertz CT molecular complexity index is 975. The average Bonchev–Trinajstić information content (AvgIpc) is 3.48. The quantitative estimate of drug-likeness (QED) is 0.353. The van der Waals surface area contributed by atoms with Crippen LogP contribution in [0.1, 0.15) is 38.8 Å². The van der Waals surface area contributed by atoms with Gasteiger partial charge in [-0.2, -0.15) is 4.58 Å². The number of benzene rings is 2. The molecule has 0 spiro atoms. The molecule has 0 aliphatic carbocycles. The van der Waals surface area contributed by atoms with Crippen molar-refractivity contribution in [3.63, 3.8) is 0 Å². The van der Waals surface area contributed by atoms with Crippen LogP contribution >= 0.6 is 0 Å². The number of carbonyl (C=O) groups is 1. The molecule has 0 atom stereocenters. The summed E-state index contributed by atoms with van der Waals surface area (Å²) >= 11 is 0. The van der Waals surface area contributed by atoms with E-state index in [1.54, 1.807) is 35.9 Å². The number of phenols is 1. The molecule has 0 unspecified atom stereocenters. The number of aromatic hydroxyl groups is 1. The summed E-state index contributed by atoms with van der Waals surface area (Å²) < 4.78 is 21.3. The second kappa shape index (κ2) is 10.2. The molecule has 2 aromatic carbocycles. The summed E-state index contributed by atoms with van der Waals surface area (Å²) in [7, 11) is 0. The van der Waals surface area contributed by atoms with Crippen molar-refractivity contribution in [1.29, 1.82) is 0 Å². The molecule has 1 aliphatic heterocycles. The third-order valence-electron chi connectivity index (χ3n) is 4.68. The van der Waals surface area contributed by atoms with Crippen LogP contribution in [0.2, 0.25) is 0 Å². The number of nitrogens with two attached hydrogens (primary N) is 1. The summed E-state index contributed by atoms with van der Waals surface area (Å²) in [5, 5.41) is 12.2. The van der Waals surface area contributed by atoms with Crippen molar-refractivity contribution in [1.82, 2.24) is 0 Å². The number of ether oxygens (including phenoxy) is 1. The van der Waals surface area contributed by atoms with Crippen molar-refractivity contribution in [3.8, 4) is 5.75 Å². The van der Waals surface area contributed by atoms with Gasteiger partial charge in [-0.05, 0) is 48.4 Å². The largest absolute Gasteiger partial charge is 0.508 e. The second-order valence-electron chi connectivity index (χ2n) is 7.69. The van der Waals surface area contributed by atoms with E-state index >= 15 is 0 Å². The smallest absolute Gasteiger partial charge is 0.319 e. The molecule has 4 N–H and O–H groups in total. The highest BCUT2D eigenvalue weighted by molar-refractivity contribution is 6.06. The molecule has 6 nitrogen and oxygen atoms in total. The van der Waals surface area contributed by atoms with Crippen LogP contribution in [0.4, 0.5) is 10.1 Å². The maximum absolute atomic E-state index is 13.6. The summed E-state index contributed by atoms with van der Waals surface area (Å²) in [5.41, 5.74) is 7.83. The highest BCUT2D eigenvalue weighted by Gasteiger charge is 2.38. The summed E-state index contributed by atoms with van der Waals surface area (Å²) in [6, 6.07) is 11.2. The van der Waals surface area contributed by atoms with E-state index < -0.39 is 17.1 Å². The van der Waals surface area contributed by atoms with Crippen LogP contribution in [-0.4, -0.2) is 35.1 Å². The van der Waals surface area contributed by atoms with Gasteiger partial charge in [-0.25, -0.2) is 4.39 Å². The average molecular weight is 429 g/mol. The molecule has 7 heteroatoms. The van der Waals surface area contributed by atoms with Crippen LogP contribution in [0.15, 0.2) is 53.9 Å². The number of rotatable bonds is 7. The van der Waals surface area contributed by atoms with Gasteiger partial charge < -0.3 is 15.2 Å². The van der Waals surface area contributed by atoms with E-state index in [2.05, 4.69) is 5.32 Å². The first-order chi connectivity index (χ1) is 14.7. The highest BCUT2D eigenvalue weighted by Crippen LogP contribution is 2.27. The minimum absolute atomic E-state index is 0.129. The van der Waals surface area contributed by atoms with E-state index in [0.717, 1.165) is 5.56 Å². The second-order valence-corrected chi connectivity index (χ2v) is 7.69. The van der Waals surface area contributed by atoms with E-state index in [9.17, 15) is 14.3 Å². The number of amides is 1. The van der Waals surface area contributed by atoms with Crippen molar-refractivity contribution in [2.75, 3.05) is 18.6 Å². The van der Waals surface area contributed by atoms with Crippen molar-refractivity contribution in [2.24, 2.45) is 5.73 Å². The number of carbonyl (C=O) groups excluding carboxylic acids is 1. The molecule has 0 saturated heterocycles. The first-order valence-electron chi connectivity index (χ1n) is 10.3. The number of phenolic OH excluding ortho intramolecular Hbond substituents is 1. The zero-order chi connectivity index (χ0) is 23.2. The number of nitrogens with one attached hydrogen (secondary N) is 1. The fraction of sp³-hybridized carbons (Fsp3) is 0.333. The van der Waals surface area contributed by atoms with E-state index in [-0.39, 0.29) is 24.8 Å². The molecule has 2 aromatic rings. The number of halogens is 1. The first-order valence-corrected chi connectivity index (χ1v) is 10.3. The molecule has 0 fully saturated rings. The molecule has 1 heterocycles. The van der Waals surface area contributed by atoms with Crippen LogP contribution in [0.25, 0.3) is 0 Å². The maximum atomic E-state index is 13.6. The van der Waals surface area contributed by atoms with Gasteiger partial charge in [0.1, 0.15) is 11.6 Å². The van der Waals surface area contributed by atoms with E-state index in [1.165, 1.54) is 12.1 Å². The molecule has 1 aliphatic rings. The Balaban J connectivity index is 0.00000166. The van der Waals surface area contributed by atoms with Crippen LogP contribution in [0.5, 0.6) is 5.75 Å². The minimum atomic E-state index is -0.473. The molecule has 3 rings (SSSR count). The van der Waals surface area contributed by atoms with Gasteiger partial charge in [0.2, 0.25) is 12.9 Å². The normalized spacial score (nSPS) is 14.1. The SMILES string of the molecule is CC.Cc1cc(F)cc(NC(=O)/C(OCC(C)(C)c2ccc(O)cc2)=C2C=[N+]\2CN)c1. The van der Waals surface area contributed by atoms with Crippen molar-refractivity contribution in [2.45, 2.75) is 40.0 Å². The summed E-state index contributed by atoms with van der Waals surface area (Å²) in [6.45, 7) is 10.2. The van der Waals surface area contributed by atoms with E-state index in [4.69, 9.17) is 10.5 Å². The van der Waals surface area contributed by atoms with Crippen LogP contribution in [-0.2, 0) is 14.9 Å². The van der Waals surface area contributed by atoms with Gasteiger partial charge in [0.25, 0.3) is 11.7 Å². The molecule has 31 heavy (non-hydrogen) atoms. The summed E-state index contributed by atoms with van der Waals surface area (Å²) in [4.78, 5) is 12.8. The lowest BCUT2D eigenvalue weighted by Gasteiger charge is -2.25. The monoisotopic (exact) mass is 428 g/mol. The Morgan fingerprint density at radius 1 is 1.19 bits per heavy atom. The number of nitrogens with zero attached hydrogens (tertiary/aromatic N) is 1. The van der Waals surface area contributed by atoms with Crippen LogP contribution in [0, 0.1) is 12.7 Å². The molecular formula is C24H31FN3O3+. The molecule has 166 valence electrons. The van der Waals surface area contributed by atoms with Crippen molar-refractivity contribution >= 4 is 17.8 Å². The summed E-state index contributed by atoms with van der Waals surface area (Å²) in [5.74, 6) is -0.586. The number of hydrogen-bond acceptors (Lipinski definition) is 4. The number of anilines is 1. The Hall–Kier alpha value is -3.19. The number of hydrogen-bond donors (Lipinski definition) is 3. The van der Waals surface area contributed by atoms with Gasteiger partial charge in [0.15, 0.2) is 0 Å². The van der Waals surface area contributed by atoms with Gasteiger partial charge in [-0.1, -0.05) is 39.8 Å². The molecule has 0 aromatic heterocycles. The number of aryl methyl sites for hydroxylation is 1. The van der Waals surface area contributed by atoms with Gasteiger partial charge >= 0.3 is 5.70 Å². The van der Waals surface area contributed by atoms with Crippen molar-refractivity contribution in [3.05, 3.63) is 70.9 Å². The fourth-order valence-electron chi connectivity index (χ4n) is 2.96. The van der Waals surface area contributed by atoms with Gasteiger partial charge in [0.05, 0.1) is 6.61 Å². The van der Waals surface area contributed by atoms with Crippen LogP contribution in [0.3, 0.4) is 0 Å². The summed E-state index contributed by atoms with van der Waals surface area (Å²) in [6.07, 6.45) is 1.72. The molecular weight excluding hydrogens is 397 g/mol. The topological polar surface area (TPSA) is 87.6 Å². The van der Waals surface area contributed by atoms with Gasteiger partial charge in [0, 0.05) is 11.1 Å². The zero-order valence-corrected chi connectivity index (χ0v) is 18.7. The molecule has 1 amide bonds. The Labute approximate surface area is 182 Å². The third-order valence-corrected chi connectivity index (χ3v) is 4.68. The number of allylic oxidation sites excluding steroid dienone is 1. The standard InChI is InChI=1S/C22H24FN3O3.C2H6/c1-14-8-16(23)10-17(9-14)25-21(28)20(19-11-26(19)13-24)29-12-22(2,3)15-4-6-18(27)7-5-15;1-2/h4-11H,12-13,24H2,1-3H3,(H-,25,27,28);1-2H3/p+1/b20-19-;. The maximum Gasteiger partial charge on any atom is 0.319 e. The predicted octanol–water partition coefficient (Wildman–Crippen LogP) is 4.02. The van der Waals surface area contributed by atoms with Gasteiger partial charge in [-0.3, -0.25) is 10.5 Å². The molecule has 0 radical (unpaired) electrons. The lowest BCUT2D eigenvalue weighted by Crippen LogP contribution is -2.27. The third kappa shape index (κ3) is 6.39. The van der Waals surface area contributed by atoms with Crippen LogP contribution < -0.4 is 11.1 Å². The predicted molar refractivity (Wildman–Crippen MR) is 121 cm³/mol. The fourth-order valence-corrected chi connectivity index (χ4v) is 2.96. The highest BCUT2D eigenvalue weighted by atomic mass is 19.1. The van der Waals surface area contributed by atoms with E-state index in [0.29, 0.717) is 16.9 Å². The molecule has 0 saturated carbocycles. The Morgan fingerprint density at radius 3 is 2.39 bits per heavy atom. The van der Waals surface area contributed by atoms with Gasteiger partial charge in [-0.15, -0.1) is 0 Å².